The first-order valence-corrected chi connectivity index (χ1v) is 10.7. The van der Waals surface area contributed by atoms with Gasteiger partial charge in [-0.2, -0.15) is 0 Å². The molecule has 0 bridgehead atoms. The van der Waals surface area contributed by atoms with Crippen molar-refractivity contribution in [1.29, 1.82) is 0 Å². The summed E-state index contributed by atoms with van der Waals surface area (Å²) in [5, 5.41) is 0.527. The summed E-state index contributed by atoms with van der Waals surface area (Å²) in [6, 6.07) is 21.0. The molecule has 4 aromatic rings. The first kappa shape index (κ1) is 20.6. The Hall–Kier alpha value is -4.26. The Kier molecular flexibility index (Phi) is 5.01. The number of nitrogens with two attached hydrogens (primary N) is 1. The molecular formula is C26H22N4O3. The van der Waals surface area contributed by atoms with Gasteiger partial charge in [0.25, 0.3) is 11.5 Å². The number of hydrogen-bond donors (Lipinski definition) is 1. The van der Waals surface area contributed by atoms with Gasteiger partial charge in [0.2, 0.25) is 5.91 Å². The fraction of sp³-hybridized carbons (Fsp3) is 0.154. The summed E-state index contributed by atoms with van der Waals surface area (Å²) in [5.74, 6) is -0.251. The summed E-state index contributed by atoms with van der Waals surface area (Å²) < 4.78 is 1.53. The smallest absolute Gasteiger partial charge is 0.265 e. The molecule has 5 rings (SSSR count). The van der Waals surface area contributed by atoms with Crippen LogP contribution in [-0.2, 0) is 17.8 Å². The lowest BCUT2D eigenvalue weighted by Crippen LogP contribution is -2.51. The van der Waals surface area contributed by atoms with Crippen LogP contribution in [-0.4, -0.2) is 32.3 Å². The molecule has 0 unspecified atom stereocenters. The van der Waals surface area contributed by atoms with Gasteiger partial charge in [-0.1, -0.05) is 36.4 Å². The molecule has 3 aromatic carbocycles. The molecule has 2 N–H and O–H groups in total. The monoisotopic (exact) mass is 438 g/mol. The number of carbonyl (C=O) groups is 2. The van der Waals surface area contributed by atoms with Gasteiger partial charge in [-0.15, -0.1) is 0 Å². The molecule has 33 heavy (non-hydrogen) atoms. The Bertz CT molecular complexity index is 1460. The Morgan fingerprint density at radius 2 is 1.61 bits per heavy atom. The zero-order valence-electron chi connectivity index (χ0n) is 18.1. The van der Waals surface area contributed by atoms with E-state index in [0.29, 0.717) is 40.9 Å². The quantitative estimate of drug-likeness (QED) is 0.532. The average Bonchev–Trinajstić information content (AvgIpc) is 2.83. The van der Waals surface area contributed by atoms with Crippen LogP contribution in [0.5, 0.6) is 0 Å². The van der Waals surface area contributed by atoms with Gasteiger partial charge in [0.15, 0.2) is 0 Å². The van der Waals surface area contributed by atoms with E-state index in [1.165, 1.54) is 9.47 Å². The third kappa shape index (κ3) is 3.57. The maximum Gasteiger partial charge on any atom is 0.265 e. The fourth-order valence-electron chi connectivity index (χ4n) is 4.46. The molecule has 1 aromatic heterocycles. The predicted octanol–water partition coefficient (Wildman–Crippen LogP) is 2.75. The van der Waals surface area contributed by atoms with E-state index in [-0.39, 0.29) is 11.5 Å². The van der Waals surface area contributed by atoms with Crippen molar-refractivity contribution in [2.45, 2.75) is 25.9 Å². The summed E-state index contributed by atoms with van der Waals surface area (Å²) in [4.78, 5) is 44.5. The number of nitrogens with zero attached hydrogens (tertiary/aromatic N) is 3. The molecule has 0 saturated carbocycles. The molecule has 0 aliphatic carbocycles. The summed E-state index contributed by atoms with van der Waals surface area (Å²) in [6.07, 6.45) is 0.396. The topological polar surface area (TPSA) is 98.3 Å². The van der Waals surface area contributed by atoms with Gasteiger partial charge in [0, 0.05) is 18.5 Å². The van der Waals surface area contributed by atoms with Crippen molar-refractivity contribution in [3.8, 4) is 5.69 Å². The molecule has 7 heteroatoms. The number of fused-ring (bicyclic) bond motifs is 2. The van der Waals surface area contributed by atoms with Crippen molar-refractivity contribution in [2.75, 3.05) is 0 Å². The normalized spacial score (nSPS) is 15.3. The lowest BCUT2D eigenvalue weighted by molar-refractivity contribution is -0.122. The van der Waals surface area contributed by atoms with Gasteiger partial charge in [-0.05, 0) is 54.4 Å². The van der Waals surface area contributed by atoms with Crippen LogP contribution < -0.4 is 11.3 Å². The lowest BCUT2D eigenvalue weighted by Gasteiger charge is -2.35. The second kappa shape index (κ2) is 8.02. The van der Waals surface area contributed by atoms with E-state index in [1.807, 2.05) is 36.4 Å². The maximum absolute atomic E-state index is 13.3. The van der Waals surface area contributed by atoms with Gasteiger partial charge >= 0.3 is 0 Å². The van der Waals surface area contributed by atoms with Crippen LogP contribution in [0.15, 0.2) is 77.6 Å². The highest BCUT2D eigenvalue weighted by molar-refractivity contribution is 5.98. The first-order chi connectivity index (χ1) is 15.9. The van der Waals surface area contributed by atoms with E-state index in [1.54, 1.807) is 43.3 Å². The molecule has 2 amide bonds. The van der Waals surface area contributed by atoms with E-state index < -0.39 is 11.9 Å². The van der Waals surface area contributed by atoms with E-state index in [0.717, 1.165) is 11.1 Å². The summed E-state index contributed by atoms with van der Waals surface area (Å²) in [6.45, 7) is 2.09. The van der Waals surface area contributed by atoms with Crippen LogP contribution in [0.3, 0.4) is 0 Å². The van der Waals surface area contributed by atoms with Crippen LogP contribution in [0.4, 0.5) is 0 Å². The van der Waals surface area contributed by atoms with Crippen LogP contribution in [0.2, 0.25) is 0 Å². The highest BCUT2D eigenvalue weighted by Crippen LogP contribution is 2.25. The van der Waals surface area contributed by atoms with Gasteiger partial charge in [-0.25, -0.2) is 4.98 Å². The van der Waals surface area contributed by atoms with E-state index >= 15 is 0 Å². The van der Waals surface area contributed by atoms with E-state index in [4.69, 9.17) is 5.73 Å². The lowest BCUT2D eigenvalue weighted by atomic mass is 9.93. The second-order valence-corrected chi connectivity index (χ2v) is 8.19. The van der Waals surface area contributed by atoms with Gasteiger partial charge in [0.05, 0.1) is 16.6 Å². The average molecular weight is 438 g/mol. The number of para-hydroxylation sites is 1. The number of carbonyl (C=O) groups excluding carboxylic acids is 2. The number of aromatic nitrogens is 2. The Morgan fingerprint density at radius 3 is 2.33 bits per heavy atom. The third-order valence-electron chi connectivity index (χ3n) is 6.15. The molecule has 1 atom stereocenters. The zero-order chi connectivity index (χ0) is 23.1. The molecule has 2 heterocycles. The molecule has 0 spiro atoms. The van der Waals surface area contributed by atoms with Gasteiger partial charge in [0.1, 0.15) is 11.9 Å². The van der Waals surface area contributed by atoms with Crippen LogP contribution in [0, 0.1) is 6.92 Å². The SMILES string of the molecule is Cc1nc2ccccc2c(=O)n1-c1ccc(C(=O)N2Cc3ccccc3C[C@@H]2C(N)=O)cc1. The molecule has 0 saturated heterocycles. The van der Waals surface area contributed by atoms with Crippen molar-refractivity contribution >= 4 is 22.7 Å². The molecular weight excluding hydrogens is 416 g/mol. The molecule has 7 nitrogen and oxygen atoms in total. The van der Waals surface area contributed by atoms with Crippen LogP contribution in [0.1, 0.15) is 27.3 Å². The van der Waals surface area contributed by atoms with Crippen molar-refractivity contribution in [3.63, 3.8) is 0 Å². The molecule has 0 fully saturated rings. The Morgan fingerprint density at radius 1 is 0.939 bits per heavy atom. The molecule has 1 aliphatic rings. The van der Waals surface area contributed by atoms with Crippen molar-refractivity contribution in [2.24, 2.45) is 5.73 Å². The van der Waals surface area contributed by atoms with Crippen LogP contribution in [0.25, 0.3) is 16.6 Å². The second-order valence-electron chi connectivity index (χ2n) is 8.19. The minimum atomic E-state index is -0.707. The molecule has 0 radical (unpaired) electrons. The predicted molar refractivity (Wildman–Crippen MR) is 125 cm³/mol. The Balaban J connectivity index is 1.49. The van der Waals surface area contributed by atoms with E-state index in [9.17, 15) is 14.4 Å². The fourth-order valence-corrected chi connectivity index (χ4v) is 4.46. The standard InChI is InChI=1S/C26H22N4O3/c1-16-28-22-9-5-4-8-21(22)26(33)30(16)20-12-10-17(11-13-20)25(32)29-15-19-7-3-2-6-18(19)14-23(29)24(27)31/h2-13,23H,14-15H2,1H3,(H2,27,31)/t23-/m1/s1. The van der Waals surface area contributed by atoms with Crippen molar-refractivity contribution in [3.05, 3.63) is 106 Å². The summed E-state index contributed by atoms with van der Waals surface area (Å²) >= 11 is 0. The number of primary amides is 1. The number of rotatable bonds is 3. The third-order valence-corrected chi connectivity index (χ3v) is 6.15. The molecule has 1 aliphatic heterocycles. The largest absolute Gasteiger partial charge is 0.368 e. The van der Waals surface area contributed by atoms with Crippen molar-refractivity contribution in [1.82, 2.24) is 14.5 Å². The number of amides is 2. The van der Waals surface area contributed by atoms with Gasteiger partial charge in [-0.3, -0.25) is 19.0 Å². The van der Waals surface area contributed by atoms with Gasteiger partial charge < -0.3 is 10.6 Å². The Labute approximate surface area is 190 Å². The molecule has 164 valence electrons. The van der Waals surface area contributed by atoms with E-state index in [2.05, 4.69) is 4.98 Å². The highest BCUT2D eigenvalue weighted by atomic mass is 16.2. The minimum absolute atomic E-state index is 0.168. The number of benzene rings is 3. The van der Waals surface area contributed by atoms with Crippen molar-refractivity contribution < 1.29 is 9.59 Å². The maximum atomic E-state index is 13.3. The first-order valence-electron chi connectivity index (χ1n) is 10.7. The number of aryl methyl sites for hydroxylation is 1. The summed E-state index contributed by atoms with van der Waals surface area (Å²) in [5.41, 5.74) is 9.17. The zero-order valence-corrected chi connectivity index (χ0v) is 18.1. The number of hydrogen-bond acceptors (Lipinski definition) is 4. The highest BCUT2D eigenvalue weighted by Gasteiger charge is 2.33. The minimum Gasteiger partial charge on any atom is -0.368 e. The van der Waals surface area contributed by atoms with Crippen LogP contribution >= 0.6 is 0 Å². The summed E-state index contributed by atoms with van der Waals surface area (Å²) in [7, 11) is 0.